The zero-order valence-electron chi connectivity index (χ0n) is 12.1. The highest BCUT2D eigenvalue weighted by molar-refractivity contribution is 5.89. The molecule has 102 valence electrons. The number of hydrogen-bond donors (Lipinski definition) is 0. The van der Waals surface area contributed by atoms with Gasteiger partial charge < -0.3 is 4.74 Å². The van der Waals surface area contributed by atoms with Crippen molar-refractivity contribution in [3.8, 4) is 11.3 Å². The lowest BCUT2D eigenvalue weighted by Crippen LogP contribution is -2.04. The summed E-state index contributed by atoms with van der Waals surface area (Å²) in [5.41, 5.74) is 8.57. The molecule has 2 heteroatoms. The summed E-state index contributed by atoms with van der Waals surface area (Å²) in [6.45, 7) is 4.31. The van der Waals surface area contributed by atoms with Crippen LogP contribution in [0.15, 0.2) is 42.5 Å². The first-order chi connectivity index (χ1) is 10.2. The minimum Gasteiger partial charge on any atom is -0.359 e. The van der Waals surface area contributed by atoms with Gasteiger partial charge in [-0.3, -0.25) is 0 Å². The minimum absolute atomic E-state index is 0.202. The molecule has 2 aromatic carbocycles. The van der Waals surface area contributed by atoms with Crippen LogP contribution in [0.5, 0.6) is 0 Å². The van der Waals surface area contributed by atoms with E-state index in [9.17, 15) is 0 Å². The molecule has 0 bridgehead atoms. The average Bonchev–Trinajstić information content (AvgIpc) is 3.27. The first-order valence-corrected chi connectivity index (χ1v) is 7.39. The molecule has 0 radical (unpaired) electrons. The molecule has 1 aromatic heterocycles. The van der Waals surface area contributed by atoms with Gasteiger partial charge in [-0.15, -0.1) is 0 Å². The number of nitrogens with zero attached hydrogens (tertiary/aromatic N) is 1. The standard InChI is InChI=1S/C19H15NO/c1-10-7-8-12-11(2)16-17(20-15(12)9-10)13-5-3-4-6-14(13)18-19(16)21-18/h3-9,18-19H,1-2H3. The van der Waals surface area contributed by atoms with Crippen LogP contribution in [0.2, 0.25) is 0 Å². The topological polar surface area (TPSA) is 25.4 Å². The third kappa shape index (κ3) is 1.43. The molecular weight excluding hydrogens is 258 g/mol. The molecule has 2 aliphatic rings. The van der Waals surface area contributed by atoms with E-state index in [2.05, 4.69) is 56.3 Å². The van der Waals surface area contributed by atoms with Crippen LogP contribution in [0, 0.1) is 13.8 Å². The Bertz CT molecular complexity index is 913. The van der Waals surface area contributed by atoms with E-state index in [-0.39, 0.29) is 12.2 Å². The molecule has 2 nitrogen and oxygen atoms in total. The van der Waals surface area contributed by atoms with Crippen LogP contribution < -0.4 is 0 Å². The monoisotopic (exact) mass is 273 g/mol. The predicted molar refractivity (Wildman–Crippen MR) is 83.2 cm³/mol. The van der Waals surface area contributed by atoms with Crippen molar-refractivity contribution in [2.24, 2.45) is 0 Å². The second-order valence-corrected chi connectivity index (χ2v) is 6.08. The van der Waals surface area contributed by atoms with Crippen LogP contribution in [0.1, 0.15) is 34.5 Å². The van der Waals surface area contributed by atoms with Crippen molar-refractivity contribution < 1.29 is 4.74 Å². The van der Waals surface area contributed by atoms with Crippen LogP contribution in [0.25, 0.3) is 22.2 Å². The van der Waals surface area contributed by atoms with E-state index in [0.29, 0.717) is 0 Å². The fourth-order valence-corrected chi connectivity index (χ4v) is 3.64. The number of rotatable bonds is 0. The molecule has 2 heterocycles. The Hall–Kier alpha value is -2.19. The number of hydrogen-bond acceptors (Lipinski definition) is 2. The van der Waals surface area contributed by atoms with Crippen molar-refractivity contribution in [2.75, 3.05) is 0 Å². The first kappa shape index (κ1) is 11.5. The normalized spacial score (nSPS) is 21.6. The molecule has 1 aliphatic heterocycles. The Kier molecular flexibility index (Phi) is 2.03. The smallest absolute Gasteiger partial charge is 0.116 e. The molecule has 3 aromatic rings. The largest absolute Gasteiger partial charge is 0.359 e. The van der Waals surface area contributed by atoms with Crippen molar-refractivity contribution in [3.63, 3.8) is 0 Å². The van der Waals surface area contributed by atoms with Gasteiger partial charge in [0.05, 0.1) is 11.2 Å². The molecule has 0 N–H and O–H groups in total. The number of ether oxygens (including phenoxy) is 1. The number of benzene rings is 2. The Morgan fingerprint density at radius 3 is 2.76 bits per heavy atom. The second kappa shape index (κ2) is 3.71. The van der Waals surface area contributed by atoms with Gasteiger partial charge in [0.2, 0.25) is 0 Å². The predicted octanol–water partition coefficient (Wildman–Crippen LogP) is 4.64. The third-order valence-electron chi connectivity index (χ3n) is 4.75. The fraction of sp³-hybridized carbons (Fsp3) is 0.211. The molecule has 5 rings (SSSR count). The number of epoxide rings is 1. The molecule has 2 atom stereocenters. The van der Waals surface area contributed by atoms with Gasteiger partial charge in [-0.25, -0.2) is 4.98 Å². The minimum atomic E-state index is 0.202. The Morgan fingerprint density at radius 1 is 1.00 bits per heavy atom. The van der Waals surface area contributed by atoms with Crippen molar-refractivity contribution in [1.29, 1.82) is 0 Å². The Morgan fingerprint density at radius 2 is 1.86 bits per heavy atom. The molecule has 1 saturated heterocycles. The van der Waals surface area contributed by atoms with Gasteiger partial charge >= 0.3 is 0 Å². The van der Waals surface area contributed by atoms with E-state index in [1.54, 1.807) is 0 Å². The van der Waals surface area contributed by atoms with E-state index in [1.165, 1.54) is 33.2 Å². The molecule has 0 saturated carbocycles. The van der Waals surface area contributed by atoms with Gasteiger partial charge in [-0.2, -0.15) is 0 Å². The maximum absolute atomic E-state index is 5.94. The van der Waals surface area contributed by atoms with E-state index < -0.39 is 0 Å². The Labute approximate surface area is 123 Å². The van der Waals surface area contributed by atoms with Gasteiger partial charge in [0, 0.05) is 16.5 Å². The quantitative estimate of drug-likeness (QED) is 0.557. The van der Waals surface area contributed by atoms with Crippen LogP contribution in [0.3, 0.4) is 0 Å². The molecular formula is C19H15NO. The SMILES string of the molecule is Cc1ccc2c(C)c3c(nc2c1)-c1ccccc1C1OC31. The van der Waals surface area contributed by atoms with E-state index in [0.717, 1.165) is 11.2 Å². The van der Waals surface area contributed by atoms with Crippen LogP contribution in [-0.4, -0.2) is 4.98 Å². The third-order valence-corrected chi connectivity index (χ3v) is 4.75. The summed E-state index contributed by atoms with van der Waals surface area (Å²) in [7, 11) is 0. The number of fused-ring (bicyclic) bond motifs is 7. The summed E-state index contributed by atoms with van der Waals surface area (Å²) < 4.78 is 5.94. The summed E-state index contributed by atoms with van der Waals surface area (Å²) in [4.78, 5) is 4.98. The molecule has 21 heavy (non-hydrogen) atoms. The summed E-state index contributed by atoms with van der Waals surface area (Å²) in [5, 5.41) is 1.24. The molecule has 1 fully saturated rings. The first-order valence-electron chi connectivity index (χ1n) is 7.39. The fourth-order valence-electron chi connectivity index (χ4n) is 3.64. The van der Waals surface area contributed by atoms with Crippen LogP contribution >= 0.6 is 0 Å². The highest BCUT2D eigenvalue weighted by Crippen LogP contribution is 2.60. The summed E-state index contributed by atoms with van der Waals surface area (Å²) in [6, 6.07) is 15.0. The van der Waals surface area contributed by atoms with Gasteiger partial charge in [-0.1, -0.05) is 36.4 Å². The number of pyridine rings is 1. The summed E-state index contributed by atoms with van der Waals surface area (Å²) >= 11 is 0. The van der Waals surface area contributed by atoms with E-state index >= 15 is 0 Å². The second-order valence-electron chi connectivity index (χ2n) is 6.08. The zero-order valence-corrected chi connectivity index (χ0v) is 12.1. The van der Waals surface area contributed by atoms with Crippen molar-refractivity contribution in [2.45, 2.75) is 26.1 Å². The van der Waals surface area contributed by atoms with Gasteiger partial charge in [0.1, 0.15) is 12.2 Å². The average molecular weight is 273 g/mol. The molecule has 0 amide bonds. The highest BCUT2D eigenvalue weighted by Gasteiger charge is 2.49. The maximum atomic E-state index is 5.94. The molecule has 1 aliphatic carbocycles. The number of aryl methyl sites for hydroxylation is 2. The van der Waals surface area contributed by atoms with E-state index in [4.69, 9.17) is 9.72 Å². The van der Waals surface area contributed by atoms with Crippen molar-refractivity contribution >= 4 is 10.9 Å². The Balaban J connectivity index is 1.93. The summed E-state index contributed by atoms with van der Waals surface area (Å²) in [5.74, 6) is 0. The number of aromatic nitrogens is 1. The van der Waals surface area contributed by atoms with E-state index in [1.807, 2.05) is 0 Å². The van der Waals surface area contributed by atoms with Crippen molar-refractivity contribution in [3.05, 3.63) is 64.7 Å². The van der Waals surface area contributed by atoms with Gasteiger partial charge in [0.15, 0.2) is 0 Å². The van der Waals surface area contributed by atoms with Gasteiger partial charge in [0.25, 0.3) is 0 Å². The lowest BCUT2D eigenvalue weighted by molar-refractivity contribution is 0.379. The van der Waals surface area contributed by atoms with Crippen molar-refractivity contribution in [1.82, 2.24) is 4.98 Å². The highest BCUT2D eigenvalue weighted by atomic mass is 16.6. The zero-order chi connectivity index (χ0) is 14.1. The van der Waals surface area contributed by atoms with Crippen LogP contribution in [0.4, 0.5) is 0 Å². The lowest BCUT2D eigenvalue weighted by Gasteiger charge is -2.19. The van der Waals surface area contributed by atoms with Crippen LogP contribution in [-0.2, 0) is 4.74 Å². The molecule has 0 spiro atoms. The van der Waals surface area contributed by atoms with Gasteiger partial charge in [-0.05, 0) is 36.6 Å². The summed E-state index contributed by atoms with van der Waals surface area (Å²) in [6.07, 6.45) is 0.435. The maximum Gasteiger partial charge on any atom is 0.116 e. The molecule has 2 unspecified atom stereocenters. The lowest BCUT2D eigenvalue weighted by atomic mass is 9.85.